The third-order valence-electron chi connectivity index (χ3n) is 4.75. The summed E-state index contributed by atoms with van der Waals surface area (Å²) >= 11 is 2.04. The van der Waals surface area contributed by atoms with E-state index in [0.29, 0.717) is 6.42 Å². The highest BCUT2D eigenvalue weighted by molar-refractivity contribution is 14.1. The van der Waals surface area contributed by atoms with E-state index >= 15 is 0 Å². The lowest BCUT2D eigenvalue weighted by atomic mass is 9.63. The molecule has 0 amide bonds. The number of halogens is 1. The van der Waals surface area contributed by atoms with Crippen molar-refractivity contribution in [1.82, 2.24) is 0 Å². The molecule has 3 nitrogen and oxygen atoms in total. The average molecular weight is 442 g/mol. The summed E-state index contributed by atoms with van der Waals surface area (Å²) in [6.45, 7) is 6.76. The maximum Gasteiger partial charge on any atom is 0.148 e. The third-order valence-corrected chi connectivity index (χ3v) is 5.14. The molecule has 1 aliphatic rings. The van der Waals surface area contributed by atoms with E-state index in [4.69, 9.17) is 9.47 Å². The van der Waals surface area contributed by atoms with E-state index in [-0.39, 0.29) is 24.2 Å². The number of methoxy groups -OCH3 is 1. The predicted octanol–water partition coefficient (Wildman–Crippen LogP) is 4.50. The molecule has 0 aromatic heterocycles. The Balaban J connectivity index is 2.99. The number of hydrogen-bond acceptors (Lipinski definition) is 3. The summed E-state index contributed by atoms with van der Waals surface area (Å²) in [7, 11) is 1.62. The largest absolute Gasteiger partial charge is 0.359 e. The van der Waals surface area contributed by atoms with Gasteiger partial charge in [-0.25, -0.2) is 0 Å². The lowest BCUT2D eigenvalue weighted by Crippen LogP contribution is -2.39. The van der Waals surface area contributed by atoms with E-state index < -0.39 is 0 Å². The molecule has 1 aliphatic carbocycles. The summed E-state index contributed by atoms with van der Waals surface area (Å²) in [6, 6.07) is 0. The van der Waals surface area contributed by atoms with Crippen molar-refractivity contribution in [2.24, 2.45) is 11.3 Å². The zero-order valence-electron chi connectivity index (χ0n) is 15.1. The lowest BCUT2D eigenvalue weighted by Gasteiger charge is -2.43. The Morgan fingerprint density at radius 1 is 1.38 bits per heavy atom. The molecule has 2 atom stereocenters. The van der Waals surface area contributed by atoms with Crippen LogP contribution in [-0.4, -0.2) is 26.3 Å². The van der Waals surface area contributed by atoms with Gasteiger partial charge in [0.2, 0.25) is 0 Å². The van der Waals surface area contributed by atoms with Gasteiger partial charge in [0.1, 0.15) is 19.2 Å². The molecule has 0 aromatic rings. The molecule has 0 unspecified atom stereocenters. The Hall–Kier alpha value is -0.820. The van der Waals surface area contributed by atoms with Crippen molar-refractivity contribution in [1.29, 1.82) is 0 Å². The van der Waals surface area contributed by atoms with Crippen molar-refractivity contribution in [2.75, 3.05) is 13.9 Å². The standard InChI is InChI=1S/C20H27IO3/c1-16-10-11-18(20(2,3)17(16)12-14-22)19(24-15-23-4)9-7-5-6-8-13-21/h14,18-19H,5-6,10-12,15H2,1-4H3/t18-,19+/m0/s1. The molecular formula is C20H27IO3. The maximum absolute atomic E-state index is 11.1. The topological polar surface area (TPSA) is 35.5 Å². The fourth-order valence-electron chi connectivity index (χ4n) is 3.45. The SMILES string of the molecule is COCO[C@H](C#CCCC#CI)[C@@H]1CCC(C)=C(CC=O)C1(C)C. The Labute approximate surface area is 160 Å². The van der Waals surface area contributed by atoms with Crippen molar-refractivity contribution in [2.45, 2.75) is 59.0 Å². The maximum atomic E-state index is 11.1. The minimum atomic E-state index is -0.192. The molecule has 0 spiro atoms. The van der Waals surface area contributed by atoms with Crippen LogP contribution in [0.4, 0.5) is 0 Å². The molecule has 24 heavy (non-hydrogen) atoms. The second-order valence-electron chi connectivity index (χ2n) is 6.58. The number of hydrogen-bond donors (Lipinski definition) is 0. The first-order valence-electron chi connectivity index (χ1n) is 8.29. The Morgan fingerprint density at radius 2 is 2.08 bits per heavy atom. The van der Waals surface area contributed by atoms with Crippen molar-refractivity contribution < 1.29 is 14.3 Å². The van der Waals surface area contributed by atoms with Gasteiger partial charge in [0.05, 0.1) is 0 Å². The van der Waals surface area contributed by atoms with Crippen molar-refractivity contribution in [3.63, 3.8) is 0 Å². The molecule has 0 aromatic carbocycles. The molecule has 0 saturated carbocycles. The first-order chi connectivity index (χ1) is 11.5. The summed E-state index contributed by atoms with van der Waals surface area (Å²) in [4.78, 5) is 11.1. The summed E-state index contributed by atoms with van der Waals surface area (Å²) in [6.07, 6.45) is 4.82. The van der Waals surface area contributed by atoms with Crippen LogP contribution in [0.3, 0.4) is 0 Å². The molecule has 132 valence electrons. The van der Waals surface area contributed by atoms with Crippen LogP contribution in [0.15, 0.2) is 11.1 Å². The van der Waals surface area contributed by atoms with Crippen LogP contribution < -0.4 is 0 Å². The van der Waals surface area contributed by atoms with Gasteiger partial charge < -0.3 is 14.3 Å². The lowest BCUT2D eigenvalue weighted by molar-refractivity contribution is -0.108. The van der Waals surface area contributed by atoms with Crippen molar-refractivity contribution in [3.8, 4) is 21.7 Å². The molecule has 0 bridgehead atoms. The zero-order chi connectivity index (χ0) is 18.0. The minimum absolute atomic E-state index is 0.113. The molecule has 4 heteroatoms. The van der Waals surface area contributed by atoms with Gasteiger partial charge in [0.15, 0.2) is 0 Å². The molecule has 0 heterocycles. The Kier molecular flexibility index (Phi) is 9.66. The van der Waals surface area contributed by atoms with E-state index in [2.05, 4.69) is 42.5 Å². The van der Waals surface area contributed by atoms with Crippen LogP contribution in [0.5, 0.6) is 0 Å². The quantitative estimate of drug-likeness (QED) is 0.146. The van der Waals surface area contributed by atoms with Crippen LogP contribution in [0.25, 0.3) is 0 Å². The number of ether oxygens (including phenoxy) is 2. The van der Waals surface area contributed by atoms with E-state index in [1.807, 2.05) is 22.6 Å². The number of carbonyl (C=O) groups excluding carboxylic acids is 1. The second kappa shape index (κ2) is 10.9. The summed E-state index contributed by atoms with van der Waals surface area (Å²) in [5.41, 5.74) is 2.45. The fourth-order valence-corrected chi connectivity index (χ4v) is 3.72. The summed E-state index contributed by atoms with van der Waals surface area (Å²) in [5, 5.41) is 0. The van der Waals surface area contributed by atoms with Crippen molar-refractivity contribution in [3.05, 3.63) is 11.1 Å². The van der Waals surface area contributed by atoms with Gasteiger partial charge in [-0.05, 0) is 29.1 Å². The van der Waals surface area contributed by atoms with Crippen LogP contribution >= 0.6 is 22.6 Å². The highest BCUT2D eigenvalue weighted by Gasteiger charge is 2.41. The molecule has 0 aliphatic heterocycles. The van der Waals surface area contributed by atoms with Crippen molar-refractivity contribution >= 4 is 28.9 Å². The molecule has 0 saturated heterocycles. The zero-order valence-corrected chi connectivity index (χ0v) is 17.2. The van der Waals surface area contributed by atoms with E-state index in [1.54, 1.807) is 7.11 Å². The second-order valence-corrected chi connectivity index (χ2v) is 7.12. The smallest absolute Gasteiger partial charge is 0.148 e. The van der Waals surface area contributed by atoms with Gasteiger partial charge in [0.25, 0.3) is 0 Å². The van der Waals surface area contributed by atoms with Gasteiger partial charge in [-0.1, -0.05) is 42.8 Å². The molecule has 0 N–H and O–H groups in total. The van der Waals surface area contributed by atoms with Gasteiger partial charge in [0, 0.05) is 54.9 Å². The van der Waals surface area contributed by atoms with Crippen LogP contribution in [-0.2, 0) is 14.3 Å². The number of unbranched alkanes of at least 4 members (excludes halogenated alkanes) is 1. The van der Waals surface area contributed by atoms with Crippen LogP contribution in [0.1, 0.15) is 52.9 Å². The minimum Gasteiger partial charge on any atom is -0.359 e. The Bertz CT molecular complexity index is 569. The van der Waals surface area contributed by atoms with E-state index in [9.17, 15) is 4.79 Å². The fraction of sp³-hybridized carbons (Fsp3) is 0.650. The van der Waals surface area contributed by atoms with Gasteiger partial charge in [-0.2, -0.15) is 0 Å². The van der Waals surface area contributed by atoms with Gasteiger partial charge in [-0.15, -0.1) is 0 Å². The summed E-state index contributed by atoms with van der Waals surface area (Å²) < 4.78 is 13.8. The van der Waals surface area contributed by atoms with Crippen LogP contribution in [0.2, 0.25) is 0 Å². The number of aldehydes is 1. The molecular weight excluding hydrogens is 415 g/mol. The number of carbonyl (C=O) groups is 1. The first-order valence-corrected chi connectivity index (χ1v) is 9.37. The normalized spacial score (nSPS) is 20.5. The van der Waals surface area contributed by atoms with Gasteiger partial charge in [-0.3, -0.25) is 0 Å². The van der Waals surface area contributed by atoms with Crippen LogP contribution in [0, 0.1) is 33.0 Å². The van der Waals surface area contributed by atoms with E-state index in [0.717, 1.165) is 32.0 Å². The summed E-state index contributed by atoms with van der Waals surface area (Å²) in [5.74, 6) is 9.74. The number of allylic oxidation sites excluding steroid dienone is 2. The molecule has 0 radical (unpaired) electrons. The first kappa shape index (κ1) is 21.2. The highest BCUT2D eigenvalue weighted by atomic mass is 127. The van der Waals surface area contributed by atoms with E-state index in [1.165, 1.54) is 11.1 Å². The highest BCUT2D eigenvalue weighted by Crippen LogP contribution is 2.47. The third kappa shape index (κ3) is 5.92. The predicted molar refractivity (Wildman–Crippen MR) is 105 cm³/mol. The Morgan fingerprint density at radius 3 is 2.71 bits per heavy atom. The number of rotatable bonds is 7. The average Bonchev–Trinajstić information content (AvgIpc) is 2.54. The van der Waals surface area contributed by atoms with Gasteiger partial charge >= 0.3 is 0 Å². The monoisotopic (exact) mass is 442 g/mol. The molecule has 0 fully saturated rings. The molecule has 1 rings (SSSR count).